The van der Waals surface area contributed by atoms with E-state index in [9.17, 15) is 4.79 Å². The van der Waals surface area contributed by atoms with Crippen LogP contribution in [0.4, 0.5) is 5.69 Å². The van der Waals surface area contributed by atoms with Gasteiger partial charge < -0.3 is 5.32 Å². The van der Waals surface area contributed by atoms with Gasteiger partial charge >= 0.3 is 0 Å². The van der Waals surface area contributed by atoms with Crippen molar-refractivity contribution in [3.05, 3.63) is 102 Å². The Morgan fingerprint density at radius 1 is 0.733 bits per heavy atom. The second-order valence-corrected chi connectivity index (χ2v) is 7.75. The Hall–Kier alpha value is -3.39. The molecule has 4 aromatic carbocycles. The van der Waals surface area contributed by atoms with Gasteiger partial charge in [0.05, 0.1) is 0 Å². The molecule has 0 aromatic heterocycles. The minimum atomic E-state index is -0.0943. The molecule has 0 aliphatic carbocycles. The molecule has 0 saturated carbocycles. The van der Waals surface area contributed by atoms with Gasteiger partial charge in [-0.3, -0.25) is 4.79 Å². The fraction of sp³-hybridized carbons (Fsp3) is 0.179. The zero-order valence-electron chi connectivity index (χ0n) is 17.4. The largest absolute Gasteiger partial charge is 0.322 e. The molecular formula is C28H27NO. The first kappa shape index (κ1) is 19.9. The van der Waals surface area contributed by atoms with Crippen LogP contribution in [0, 0.1) is 0 Å². The maximum atomic E-state index is 12.7. The molecule has 0 fully saturated rings. The van der Waals surface area contributed by atoms with Crippen molar-refractivity contribution in [2.75, 3.05) is 5.32 Å². The maximum absolute atomic E-state index is 12.7. The molecule has 0 bridgehead atoms. The van der Waals surface area contributed by atoms with Crippen molar-refractivity contribution < 1.29 is 4.79 Å². The second kappa shape index (κ2) is 9.41. The molecule has 4 rings (SSSR count). The summed E-state index contributed by atoms with van der Waals surface area (Å²) in [6, 6.07) is 30.7. The third-order valence-corrected chi connectivity index (χ3v) is 5.51. The fourth-order valence-corrected chi connectivity index (χ4v) is 3.73. The molecule has 0 spiro atoms. The number of benzene rings is 4. The normalized spacial score (nSPS) is 10.8. The van der Waals surface area contributed by atoms with E-state index in [4.69, 9.17) is 0 Å². The van der Waals surface area contributed by atoms with E-state index in [1.165, 1.54) is 30.4 Å². The van der Waals surface area contributed by atoms with Crippen LogP contribution in [0.5, 0.6) is 0 Å². The van der Waals surface area contributed by atoms with Crippen LogP contribution in [0.3, 0.4) is 0 Å². The van der Waals surface area contributed by atoms with Gasteiger partial charge in [-0.05, 0) is 64.6 Å². The van der Waals surface area contributed by atoms with Gasteiger partial charge in [0.15, 0.2) is 0 Å². The van der Waals surface area contributed by atoms with Gasteiger partial charge in [0.1, 0.15) is 0 Å². The fourth-order valence-electron chi connectivity index (χ4n) is 3.73. The lowest BCUT2D eigenvalue weighted by molar-refractivity contribution is 0.102. The Bertz CT molecular complexity index is 1130. The summed E-state index contributed by atoms with van der Waals surface area (Å²) >= 11 is 0. The molecule has 0 heterocycles. The Labute approximate surface area is 178 Å². The average molecular weight is 394 g/mol. The zero-order valence-corrected chi connectivity index (χ0v) is 17.4. The van der Waals surface area contributed by atoms with Crippen LogP contribution in [0.2, 0.25) is 0 Å². The van der Waals surface area contributed by atoms with Crippen molar-refractivity contribution in [1.82, 2.24) is 0 Å². The van der Waals surface area contributed by atoms with Crippen molar-refractivity contribution in [3.63, 3.8) is 0 Å². The summed E-state index contributed by atoms with van der Waals surface area (Å²) in [5, 5.41) is 5.28. The number of hydrogen-bond acceptors (Lipinski definition) is 1. The van der Waals surface area contributed by atoms with Gasteiger partial charge in [-0.2, -0.15) is 0 Å². The lowest BCUT2D eigenvalue weighted by Crippen LogP contribution is -2.11. The standard InChI is InChI=1S/C28H27NO/c1-2-3-4-7-21-10-12-23(13-11-21)24-14-16-25(17-15-24)28(30)29-27-19-18-22-8-5-6-9-26(22)20-27/h5-6,8-20H,2-4,7H2,1H3,(H,29,30). The third kappa shape index (κ3) is 4.77. The SMILES string of the molecule is CCCCCc1ccc(-c2ccc(C(=O)Nc3ccc4ccccc4c3)cc2)cc1. The summed E-state index contributed by atoms with van der Waals surface area (Å²) in [5.74, 6) is -0.0943. The molecule has 30 heavy (non-hydrogen) atoms. The Kier molecular flexibility index (Phi) is 6.24. The van der Waals surface area contributed by atoms with Crippen molar-refractivity contribution >= 4 is 22.4 Å². The first-order chi connectivity index (χ1) is 14.7. The average Bonchev–Trinajstić information content (AvgIpc) is 2.80. The minimum Gasteiger partial charge on any atom is -0.322 e. The molecule has 0 unspecified atom stereocenters. The van der Waals surface area contributed by atoms with Gasteiger partial charge in [-0.15, -0.1) is 0 Å². The van der Waals surface area contributed by atoms with Gasteiger partial charge in [0, 0.05) is 11.3 Å². The van der Waals surface area contributed by atoms with E-state index in [1.54, 1.807) is 0 Å². The highest BCUT2D eigenvalue weighted by atomic mass is 16.1. The molecule has 1 amide bonds. The number of carbonyl (C=O) groups is 1. The number of nitrogens with one attached hydrogen (secondary N) is 1. The van der Waals surface area contributed by atoms with Crippen LogP contribution >= 0.6 is 0 Å². The topological polar surface area (TPSA) is 29.1 Å². The summed E-state index contributed by atoms with van der Waals surface area (Å²) in [4.78, 5) is 12.7. The molecule has 0 aliphatic rings. The van der Waals surface area contributed by atoms with Gasteiger partial charge in [0.25, 0.3) is 5.91 Å². The minimum absolute atomic E-state index is 0.0943. The Morgan fingerprint density at radius 2 is 1.40 bits per heavy atom. The smallest absolute Gasteiger partial charge is 0.255 e. The predicted molar refractivity (Wildman–Crippen MR) is 127 cm³/mol. The summed E-state index contributed by atoms with van der Waals surface area (Å²) in [6.45, 7) is 2.23. The predicted octanol–water partition coefficient (Wildman–Crippen LogP) is 7.49. The van der Waals surface area contributed by atoms with Crippen molar-refractivity contribution in [3.8, 4) is 11.1 Å². The number of aryl methyl sites for hydroxylation is 1. The second-order valence-electron chi connectivity index (χ2n) is 7.75. The van der Waals surface area contributed by atoms with E-state index < -0.39 is 0 Å². The Morgan fingerprint density at radius 3 is 2.10 bits per heavy atom. The van der Waals surface area contributed by atoms with E-state index in [0.29, 0.717) is 5.56 Å². The molecule has 0 aliphatic heterocycles. The van der Waals surface area contributed by atoms with Crippen molar-refractivity contribution in [2.24, 2.45) is 0 Å². The van der Waals surface area contributed by atoms with Crippen LogP contribution in [-0.4, -0.2) is 5.91 Å². The summed E-state index contributed by atoms with van der Waals surface area (Å²) < 4.78 is 0. The van der Waals surface area contributed by atoms with Gasteiger partial charge in [-0.25, -0.2) is 0 Å². The molecule has 150 valence electrons. The first-order valence-electron chi connectivity index (χ1n) is 10.7. The van der Waals surface area contributed by atoms with E-state index in [0.717, 1.165) is 28.4 Å². The number of fused-ring (bicyclic) bond motifs is 1. The van der Waals surface area contributed by atoms with Crippen molar-refractivity contribution in [2.45, 2.75) is 32.6 Å². The number of rotatable bonds is 7. The van der Waals surface area contributed by atoms with Crippen LogP contribution in [-0.2, 0) is 6.42 Å². The Balaban J connectivity index is 1.42. The number of amides is 1. The molecular weight excluding hydrogens is 366 g/mol. The zero-order chi connectivity index (χ0) is 20.8. The highest BCUT2D eigenvalue weighted by Gasteiger charge is 2.07. The van der Waals surface area contributed by atoms with E-state index in [1.807, 2.05) is 54.6 Å². The highest BCUT2D eigenvalue weighted by molar-refractivity contribution is 6.05. The van der Waals surface area contributed by atoms with Crippen LogP contribution < -0.4 is 5.32 Å². The third-order valence-electron chi connectivity index (χ3n) is 5.51. The summed E-state index contributed by atoms with van der Waals surface area (Å²) in [5.41, 5.74) is 5.15. The van der Waals surface area contributed by atoms with Crippen LogP contribution in [0.25, 0.3) is 21.9 Å². The van der Waals surface area contributed by atoms with E-state index in [2.05, 4.69) is 48.6 Å². The van der Waals surface area contributed by atoms with E-state index >= 15 is 0 Å². The summed E-state index contributed by atoms with van der Waals surface area (Å²) in [7, 11) is 0. The molecule has 2 nitrogen and oxygen atoms in total. The molecule has 0 radical (unpaired) electrons. The molecule has 0 saturated heterocycles. The highest BCUT2D eigenvalue weighted by Crippen LogP contribution is 2.23. The molecule has 2 heteroatoms. The lowest BCUT2D eigenvalue weighted by atomic mass is 10.0. The van der Waals surface area contributed by atoms with Crippen LogP contribution in [0.15, 0.2) is 91.0 Å². The number of anilines is 1. The van der Waals surface area contributed by atoms with Gasteiger partial charge in [-0.1, -0.05) is 86.5 Å². The quantitative estimate of drug-likeness (QED) is 0.324. The monoisotopic (exact) mass is 393 g/mol. The lowest BCUT2D eigenvalue weighted by Gasteiger charge is -2.08. The van der Waals surface area contributed by atoms with Crippen molar-refractivity contribution in [1.29, 1.82) is 0 Å². The van der Waals surface area contributed by atoms with Crippen LogP contribution in [0.1, 0.15) is 42.1 Å². The number of carbonyl (C=O) groups excluding carboxylic acids is 1. The first-order valence-corrected chi connectivity index (χ1v) is 10.7. The van der Waals surface area contributed by atoms with Gasteiger partial charge in [0.2, 0.25) is 0 Å². The molecule has 0 atom stereocenters. The number of unbranched alkanes of at least 4 members (excludes halogenated alkanes) is 2. The number of hydrogen-bond donors (Lipinski definition) is 1. The van der Waals surface area contributed by atoms with E-state index in [-0.39, 0.29) is 5.91 Å². The maximum Gasteiger partial charge on any atom is 0.255 e. The molecule has 4 aromatic rings. The summed E-state index contributed by atoms with van der Waals surface area (Å²) in [6.07, 6.45) is 4.92. The molecule has 1 N–H and O–H groups in total.